The number of aromatic nitrogens is 2. The van der Waals surface area contributed by atoms with E-state index in [9.17, 15) is 41.5 Å². The molecule has 5 aliphatic rings. The molecule has 4 fully saturated rings. The molecule has 3 amide bonds. The molecule has 15 nitrogen and oxygen atoms in total. The van der Waals surface area contributed by atoms with E-state index in [1.807, 2.05) is 16.9 Å². The van der Waals surface area contributed by atoms with E-state index in [1.165, 1.54) is 22.5 Å². The number of aliphatic hydroxyl groups excluding tert-OH is 1. The summed E-state index contributed by atoms with van der Waals surface area (Å²) >= 11 is 6.29. The lowest BCUT2D eigenvalue weighted by Gasteiger charge is -2.38. The smallest absolute Gasteiger partial charge is 0.408 e. The molecule has 0 unspecified atom stereocenters. The highest BCUT2D eigenvalue weighted by Gasteiger charge is 2.67. The zero-order chi connectivity index (χ0) is 43.7. The molecule has 330 valence electrons. The molecular weight excluding hydrogens is 826 g/mol. The van der Waals surface area contributed by atoms with Crippen molar-refractivity contribution in [2.75, 3.05) is 6.54 Å². The van der Waals surface area contributed by atoms with E-state index >= 15 is 0 Å². The highest BCUT2D eigenvalue weighted by molar-refractivity contribution is 7.91. The fourth-order valence-electron chi connectivity index (χ4n) is 9.11. The molecule has 2 aliphatic heterocycles. The average Bonchev–Trinajstić information content (AvgIpc) is 4.02. The minimum absolute atomic E-state index is 0.0451. The summed E-state index contributed by atoms with van der Waals surface area (Å²) in [6, 6.07) is 2.04. The number of alkyl halides is 2. The highest BCUT2D eigenvalue weighted by Crippen LogP contribution is 2.50. The molecule has 1 saturated heterocycles. The van der Waals surface area contributed by atoms with Crippen LogP contribution in [0.3, 0.4) is 0 Å². The van der Waals surface area contributed by atoms with Gasteiger partial charge >= 0.3 is 6.09 Å². The second-order valence-electron chi connectivity index (χ2n) is 18.8. The van der Waals surface area contributed by atoms with Crippen LogP contribution in [0.15, 0.2) is 35.1 Å². The summed E-state index contributed by atoms with van der Waals surface area (Å²) in [5.74, 6) is -4.06. The number of carbonyl (C=O) groups is 3. The van der Waals surface area contributed by atoms with Gasteiger partial charge < -0.3 is 24.8 Å². The first-order chi connectivity index (χ1) is 28.0. The fraction of sp³-hybridized carbons (Fsp3) is 0.683. The zero-order valence-electron chi connectivity index (χ0n) is 34.6. The number of nitrogens with one attached hydrogen (secondary N) is 3. The number of halogens is 3. The summed E-state index contributed by atoms with van der Waals surface area (Å²) in [6.45, 7) is 10.2. The molecule has 3 aliphatic carbocycles. The van der Waals surface area contributed by atoms with E-state index < -0.39 is 104 Å². The molecule has 3 heterocycles. The van der Waals surface area contributed by atoms with E-state index in [1.54, 1.807) is 39.8 Å². The second-order valence-corrected chi connectivity index (χ2v) is 21.5. The quantitative estimate of drug-likeness (QED) is 0.226. The summed E-state index contributed by atoms with van der Waals surface area (Å²) in [4.78, 5) is 62.2. The van der Waals surface area contributed by atoms with Crippen molar-refractivity contribution in [2.24, 2.45) is 29.1 Å². The number of fused-ring (bicyclic) bond motifs is 5. The molecule has 2 bridgehead atoms. The second kappa shape index (κ2) is 16.1. The third-order valence-electron chi connectivity index (χ3n) is 13.2. The van der Waals surface area contributed by atoms with Gasteiger partial charge in [-0.2, -0.15) is 4.98 Å². The Morgan fingerprint density at radius 2 is 1.82 bits per heavy atom. The van der Waals surface area contributed by atoms with Crippen molar-refractivity contribution in [2.45, 2.75) is 140 Å². The van der Waals surface area contributed by atoms with Gasteiger partial charge in [0.15, 0.2) is 0 Å². The van der Waals surface area contributed by atoms with Crippen molar-refractivity contribution in [3.05, 3.63) is 45.7 Å². The zero-order valence-corrected chi connectivity index (χ0v) is 36.2. The number of rotatable bonds is 7. The molecule has 0 spiro atoms. The molecule has 3 saturated carbocycles. The van der Waals surface area contributed by atoms with Gasteiger partial charge in [-0.1, -0.05) is 58.4 Å². The van der Waals surface area contributed by atoms with Crippen LogP contribution >= 0.6 is 11.6 Å². The molecule has 19 heteroatoms. The first-order valence-electron chi connectivity index (χ1n) is 20.7. The van der Waals surface area contributed by atoms with Crippen LogP contribution in [0.2, 0.25) is 5.02 Å². The number of benzene rings is 1. The highest BCUT2D eigenvalue weighted by atomic mass is 35.5. The predicted octanol–water partition coefficient (Wildman–Crippen LogP) is 4.48. The molecule has 10 atom stereocenters. The van der Waals surface area contributed by atoms with Gasteiger partial charge in [0.2, 0.25) is 22.4 Å². The molecule has 1 aromatic heterocycles. The van der Waals surface area contributed by atoms with Crippen molar-refractivity contribution in [3.8, 4) is 6.01 Å². The van der Waals surface area contributed by atoms with Crippen molar-refractivity contribution in [3.63, 3.8) is 0 Å². The number of hydrogen-bond donors (Lipinski definition) is 4. The number of sulfonamides is 1. The maximum absolute atomic E-state index is 14.9. The molecule has 2 aromatic rings. The summed E-state index contributed by atoms with van der Waals surface area (Å²) < 4.78 is 69.6. The minimum atomic E-state index is -4.25. The molecule has 1 aromatic carbocycles. The van der Waals surface area contributed by atoms with Gasteiger partial charge in [-0.15, -0.1) is 0 Å². The van der Waals surface area contributed by atoms with Gasteiger partial charge in [-0.3, -0.25) is 29.0 Å². The van der Waals surface area contributed by atoms with Crippen LogP contribution in [-0.4, -0.2) is 99.7 Å². The third kappa shape index (κ3) is 8.49. The van der Waals surface area contributed by atoms with Gasteiger partial charge in [-0.25, -0.2) is 22.0 Å². The lowest BCUT2D eigenvalue weighted by Crippen LogP contribution is -2.63. The minimum Gasteiger partial charge on any atom is -0.459 e. The van der Waals surface area contributed by atoms with Crippen molar-refractivity contribution in [1.29, 1.82) is 0 Å². The van der Waals surface area contributed by atoms with E-state index in [0.717, 1.165) is 6.42 Å². The Morgan fingerprint density at radius 3 is 2.47 bits per heavy atom. The SMILES string of the molecule is C[C@@H]1C[C@H]2CC/C=C/Cn3c(nc4cc(Cl)ccc4c3=O)O[C@H]3CN(C(=O)[C@H](C(C)(C)C)NC(=O)O[C@@H]2C1)[C@H]([C@H](O)N[C@]1(C(=O)NS(=O)(=O)C2(C)CC2)C[C@H]1C(F)F)[C@@H]3C. The Balaban J connectivity index is 1.28. The maximum atomic E-state index is 14.9. The third-order valence-corrected chi connectivity index (χ3v) is 15.6. The Bertz CT molecular complexity index is 2230. The number of nitrogens with zero attached hydrogens (tertiary/aromatic N) is 3. The Hall–Kier alpha value is -3.87. The predicted molar refractivity (Wildman–Crippen MR) is 218 cm³/mol. The van der Waals surface area contributed by atoms with E-state index in [2.05, 4.69) is 22.5 Å². The number of hydrogen-bond acceptors (Lipinski definition) is 11. The number of carbonyl (C=O) groups excluding carboxylic acids is 3. The van der Waals surface area contributed by atoms with E-state index in [0.29, 0.717) is 29.7 Å². The molecule has 0 radical (unpaired) electrons. The standard InChI is InChI=1S/C41H55ClF2N6O9S/c1-21-16-23-10-8-7-9-15-49-34(52)25-12-11-24(42)18-27(25)45-37(49)58-29-20-50(35(53)31(39(3,4)5)46-38(55)59-28(23)17-21)30(22(29)2)33(51)47-41(19-26(41)32(43)44)36(54)48-60(56,57)40(6)13-14-40/h7,9,11-12,18,21-23,26,28-33,47,51H,8,10,13-17,19-20H2,1-6H3,(H,46,55)(H,48,54)/b9-7+/t21-,22-,23-,26+,28-,29+,30+,31-,33+,41-/m1/s1. The molecular formula is C41H55ClF2N6O9S. The summed E-state index contributed by atoms with van der Waals surface area (Å²) in [5.41, 5.74) is -3.28. The van der Waals surface area contributed by atoms with Gasteiger partial charge in [0.25, 0.3) is 17.5 Å². The van der Waals surface area contributed by atoms with Gasteiger partial charge in [0.1, 0.15) is 30.0 Å². The van der Waals surface area contributed by atoms with Gasteiger partial charge in [0, 0.05) is 23.4 Å². The van der Waals surface area contributed by atoms with E-state index in [4.69, 9.17) is 21.1 Å². The molecule has 7 rings (SSSR count). The van der Waals surface area contributed by atoms with Crippen LogP contribution in [0, 0.1) is 29.1 Å². The van der Waals surface area contributed by atoms with Crippen molar-refractivity contribution < 1.29 is 46.2 Å². The number of aliphatic hydroxyl groups is 1. The van der Waals surface area contributed by atoms with Gasteiger partial charge in [-0.05, 0) is 87.3 Å². The monoisotopic (exact) mass is 880 g/mol. The summed E-state index contributed by atoms with van der Waals surface area (Å²) in [5, 5.41) is 18.1. The lowest BCUT2D eigenvalue weighted by atomic mass is 9.85. The number of allylic oxidation sites excluding steroid dienone is 2. The first-order valence-corrected chi connectivity index (χ1v) is 22.5. The van der Waals surface area contributed by atoms with Gasteiger partial charge in [0.05, 0.1) is 28.2 Å². The van der Waals surface area contributed by atoms with Crippen LogP contribution in [0.1, 0.15) is 86.5 Å². The maximum Gasteiger partial charge on any atom is 0.408 e. The largest absolute Gasteiger partial charge is 0.459 e. The fourth-order valence-corrected chi connectivity index (χ4v) is 10.6. The first kappa shape index (κ1) is 44.2. The lowest BCUT2D eigenvalue weighted by molar-refractivity contribution is -0.141. The molecule has 60 heavy (non-hydrogen) atoms. The van der Waals surface area contributed by atoms with Crippen molar-refractivity contribution in [1.82, 2.24) is 29.8 Å². The summed E-state index contributed by atoms with van der Waals surface area (Å²) in [6.07, 6.45) is -0.469. The Kier molecular flexibility index (Phi) is 11.9. The van der Waals surface area contributed by atoms with Crippen LogP contribution in [0.5, 0.6) is 6.01 Å². The number of alkyl carbamates (subject to hydrolysis) is 1. The van der Waals surface area contributed by atoms with E-state index in [-0.39, 0.29) is 49.3 Å². The van der Waals surface area contributed by atoms with Crippen LogP contribution < -0.4 is 25.7 Å². The van der Waals surface area contributed by atoms with Crippen LogP contribution in [0.25, 0.3) is 10.9 Å². The Labute approximate surface area is 353 Å². The topological polar surface area (TPSA) is 198 Å². The average molecular weight is 881 g/mol. The van der Waals surface area contributed by atoms with Crippen molar-refractivity contribution >= 4 is 50.4 Å². The number of ether oxygens (including phenoxy) is 2. The summed E-state index contributed by atoms with van der Waals surface area (Å²) in [7, 11) is -4.25. The van der Waals surface area contributed by atoms with Crippen LogP contribution in [-0.2, 0) is 30.9 Å². The number of amides is 3. The normalized spacial score (nSPS) is 33.1. The molecule has 4 N–H and O–H groups in total. The Morgan fingerprint density at radius 1 is 1.10 bits per heavy atom. The van der Waals surface area contributed by atoms with Crippen LogP contribution in [0.4, 0.5) is 13.6 Å².